The Balaban J connectivity index is 2.03. The number of urea groups is 1. The molecule has 1 atom stereocenters. The number of carboxylic acid groups (broad SMARTS) is 1. The quantitative estimate of drug-likeness (QED) is 0.875. The van der Waals surface area contributed by atoms with E-state index in [0.29, 0.717) is 18.5 Å². The van der Waals surface area contributed by atoms with Crippen LogP contribution in [0.1, 0.15) is 38.7 Å². The lowest BCUT2D eigenvalue weighted by atomic mass is 9.96. The summed E-state index contributed by atoms with van der Waals surface area (Å²) in [4.78, 5) is 25.0. The number of benzene rings is 1. The molecule has 2 N–H and O–H groups in total. The largest absolute Gasteiger partial charge is 0.481 e. The molecule has 0 bridgehead atoms. The van der Waals surface area contributed by atoms with Gasteiger partial charge in [0.15, 0.2) is 0 Å². The van der Waals surface area contributed by atoms with Crippen LogP contribution in [0.5, 0.6) is 0 Å². The summed E-state index contributed by atoms with van der Waals surface area (Å²) < 4.78 is 0. The van der Waals surface area contributed by atoms with Crippen molar-refractivity contribution in [2.75, 3.05) is 12.4 Å². The highest BCUT2D eigenvalue weighted by Gasteiger charge is 2.51. The molecular formula is C16H22N2O3. The van der Waals surface area contributed by atoms with E-state index in [9.17, 15) is 14.7 Å². The summed E-state index contributed by atoms with van der Waals surface area (Å²) in [6, 6.07) is 7.13. The van der Waals surface area contributed by atoms with Gasteiger partial charge in [0.2, 0.25) is 0 Å². The molecule has 0 aliphatic heterocycles. The first-order valence-corrected chi connectivity index (χ1v) is 7.28. The summed E-state index contributed by atoms with van der Waals surface area (Å²) in [6.07, 6.45) is 2.26. The van der Waals surface area contributed by atoms with E-state index < -0.39 is 11.4 Å². The van der Waals surface area contributed by atoms with Crippen LogP contribution in [0.3, 0.4) is 0 Å². The van der Waals surface area contributed by atoms with Crippen LogP contribution in [0.2, 0.25) is 0 Å². The Morgan fingerprint density at radius 3 is 2.33 bits per heavy atom. The molecule has 0 spiro atoms. The van der Waals surface area contributed by atoms with E-state index in [1.165, 1.54) is 0 Å². The Morgan fingerprint density at radius 1 is 1.33 bits per heavy atom. The normalized spacial score (nSPS) is 16.9. The topological polar surface area (TPSA) is 69.6 Å². The number of rotatable bonds is 5. The summed E-state index contributed by atoms with van der Waals surface area (Å²) in [5, 5.41) is 12.1. The second kappa shape index (κ2) is 5.76. The molecule has 0 saturated heterocycles. The summed E-state index contributed by atoms with van der Waals surface area (Å²) in [5.41, 5.74) is 0.791. The van der Waals surface area contributed by atoms with Crippen LogP contribution in [0.4, 0.5) is 10.5 Å². The second-order valence-electron chi connectivity index (χ2n) is 5.76. The number of hydrogen-bond acceptors (Lipinski definition) is 2. The summed E-state index contributed by atoms with van der Waals surface area (Å²) in [6.45, 7) is 4.02. The molecule has 1 aromatic rings. The Labute approximate surface area is 125 Å². The molecule has 1 saturated carbocycles. The highest BCUT2D eigenvalue weighted by Crippen LogP contribution is 2.48. The SMILES string of the molecule is CCC(C)N(C)C(=O)Nc1ccc(C2(C(=O)O)CC2)cc1. The Kier molecular flexibility index (Phi) is 4.21. The molecule has 114 valence electrons. The van der Waals surface area contributed by atoms with Crippen LogP contribution in [-0.4, -0.2) is 35.1 Å². The minimum absolute atomic E-state index is 0.156. The molecule has 1 fully saturated rings. The molecule has 0 radical (unpaired) electrons. The van der Waals surface area contributed by atoms with Gasteiger partial charge in [-0.1, -0.05) is 19.1 Å². The van der Waals surface area contributed by atoms with E-state index in [1.54, 1.807) is 36.2 Å². The van der Waals surface area contributed by atoms with Crippen LogP contribution in [0.15, 0.2) is 24.3 Å². The Bertz CT molecular complexity index is 535. The molecule has 2 amide bonds. The number of nitrogens with zero attached hydrogens (tertiary/aromatic N) is 1. The number of aliphatic carboxylic acids is 1. The van der Waals surface area contributed by atoms with E-state index >= 15 is 0 Å². The molecule has 1 aliphatic rings. The number of anilines is 1. The first kappa shape index (κ1) is 15.4. The maximum absolute atomic E-state index is 12.0. The fraction of sp³-hybridized carbons (Fsp3) is 0.500. The van der Waals surface area contributed by atoms with E-state index in [-0.39, 0.29) is 12.1 Å². The molecule has 5 nitrogen and oxygen atoms in total. The molecule has 0 heterocycles. The first-order chi connectivity index (χ1) is 9.90. The van der Waals surface area contributed by atoms with Crippen molar-refractivity contribution in [3.05, 3.63) is 29.8 Å². The van der Waals surface area contributed by atoms with Gasteiger partial charge in [-0.3, -0.25) is 4.79 Å². The van der Waals surface area contributed by atoms with Gasteiger partial charge in [-0.05, 0) is 43.9 Å². The number of carbonyl (C=O) groups excluding carboxylic acids is 1. The molecule has 1 aliphatic carbocycles. The molecule has 1 unspecified atom stereocenters. The minimum Gasteiger partial charge on any atom is -0.481 e. The van der Waals surface area contributed by atoms with Crippen LogP contribution < -0.4 is 5.32 Å². The molecule has 1 aromatic carbocycles. The lowest BCUT2D eigenvalue weighted by Gasteiger charge is -2.24. The van der Waals surface area contributed by atoms with Crippen LogP contribution in [-0.2, 0) is 10.2 Å². The van der Waals surface area contributed by atoms with E-state index in [0.717, 1.165) is 12.0 Å². The van der Waals surface area contributed by atoms with Crippen molar-refractivity contribution in [3.63, 3.8) is 0 Å². The van der Waals surface area contributed by atoms with Crippen molar-refractivity contribution < 1.29 is 14.7 Å². The molecular weight excluding hydrogens is 268 g/mol. The average Bonchev–Trinajstić information content (AvgIpc) is 3.28. The van der Waals surface area contributed by atoms with Gasteiger partial charge in [0, 0.05) is 18.8 Å². The fourth-order valence-corrected chi connectivity index (χ4v) is 2.31. The van der Waals surface area contributed by atoms with Crippen LogP contribution in [0, 0.1) is 0 Å². The number of nitrogens with one attached hydrogen (secondary N) is 1. The van der Waals surface area contributed by atoms with Gasteiger partial charge in [0.25, 0.3) is 0 Å². The lowest BCUT2D eigenvalue weighted by molar-refractivity contribution is -0.140. The summed E-state index contributed by atoms with van der Waals surface area (Å²) in [5.74, 6) is -0.768. The smallest absolute Gasteiger partial charge is 0.321 e. The molecule has 2 rings (SSSR count). The predicted octanol–water partition coefficient (Wildman–Crippen LogP) is 3.07. The highest BCUT2D eigenvalue weighted by atomic mass is 16.4. The number of carboxylic acids is 1. The van der Waals surface area contributed by atoms with Gasteiger partial charge in [-0.2, -0.15) is 0 Å². The van der Waals surface area contributed by atoms with E-state index in [4.69, 9.17) is 0 Å². The minimum atomic E-state index is -0.768. The first-order valence-electron chi connectivity index (χ1n) is 7.28. The second-order valence-corrected chi connectivity index (χ2v) is 5.76. The van der Waals surface area contributed by atoms with Crippen LogP contribution >= 0.6 is 0 Å². The van der Waals surface area contributed by atoms with Crippen LogP contribution in [0.25, 0.3) is 0 Å². The van der Waals surface area contributed by atoms with E-state index in [2.05, 4.69) is 5.32 Å². The van der Waals surface area contributed by atoms with Gasteiger partial charge < -0.3 is 15.3 Å². The van der Waals surface area contributed by atoms with Crippen molar-refractivity contribution in [2.45, 2.75) is 44.6 Å². The maximum Gasteiger partial charge on any atom is 0.321 e. The van der Waals surface area contributed by atoms with Crippen molar-refractivity contribution in [1.82, 2.24) is 4.90 Å². The average molecular weight is 290 g/mol. The predicted molar refractivity (Wildman–Crippen MR) is 81.5 cm³/mol. The number of hydrogen-bond donors (Lipinski definition) is 2. The van der Waals surface area contributed by atoms with Gasteiger partial charge in [0.1, 0.15) is 0 Å². The van der Waals surface area contributed by atoms with Crippen molar-refractivity contribution in [3.8, 4) is 0 Å². The third kappa shape index (κ3) is 3.01. The molecule has 0 aromatic heterocycles. The van der Waals surface area contributed by atoms with Gasteiger partial charge in [-0.15, -0.1) is 0 Å². The Morgan fingerprint density at radius 2 is 1.90 bits per heavy atom. The van der Waals surface area contributed by atoms with Gasteiger partial charge in [-0.25, -0.2) is 4.79 Å². The number of carbonyl (C=O) groups is 2. The summed E-state index contributed by atoms with van der Waals surface area (Å²) >= 11 is 0. The van der Waals surface area contributed by atoms with Crippen molar-refractivity contribution in [1.29, 1.82) is 0 Å². The summed E-state index contributed by atoms with van der Waals surface area (Å²) in [7, 11) is 1.77. The zero-order valence-electron chi connectivity index (χ0n) is 12.7. The third-order valence-electron chi connectivity index (χ3n) is 4.42. The standard InChI is InChI=1S/C16H22N2O3/c1-4-11(2)18(3)15(21)17-13-7-5-12(6-8-13)16(9-10-16)14(19)20/h5-8,11H,4,9-10H2,1-3H3,(H,17,21)(H,19,20). The number of amides is 2. The zero-order chi connectivity index (χ0) is 15.6. The molecule has 5 heteroatoms. The molecule has 21 heavy (non-hydrogen) atoms. The van der Waals surface area contributed by atoms with Gasteiger partial charge >= 0.3 is 12.0 Å². The van der Waals surface area contributed by atoms with Crippen molar-refractivity contribution in [2.24, 2.45) is 0 Å². The van der Waals surface area contributed by atoms with Crippen molar-refractivity contribution >= 4 is 17.7 Å². The highest BCUT2D eigenvalue weighted by molar-refractivity contribution is 5.90. The van der Waals surface area contributed by atoms with Gasteiger partial charge in [0.05, 0.1) is 5.41 Å². The maximum atomic E-state index is 12.0. The van der Waals surface area contributed by atoms with E-state index in [1.807, 2.05) is 13.8 Å². The zero-order valence-corrected chi connectivity index (χ0v) is 12.7. The fourth-order valence-electron chi connectivity index (χ4n) is 2.31. The monoisotopic (exact) mass is 290 g/mol. The lowest BCUT2D eigenvalue weighted by Crippen LogP contribution is -2.37. The Hall–Kier alpha value is -2.04. The third-order valence-corrected chi connectivity index (χ3v) is 4.42.